The van der Waals surface area contributed by atoms with Gasteiger partial charge < -0.3 is 21.9 Å². The van der Waals surface area contributed by atoms with Crippen LogP contribution in [0.3, 0.4) is 0 Å². The van der Waals surface area contributed by atoms with Gasteiger partial charge in [0.2, 0.25) is 0 Å². The lowest BCUT2D eigenvalue weighted by molar-refractivity contribution is -0.142. The number of benzene rings is 1. The highest BCUT2D eigenvalue weighted by atomic mass is 35.5. The molecule has 1 aromatic rings. The molecule has 6 nitrogen and oxygen atoms in total. The summed E-state index contributed by atoms with van der Waals surface area (Å²) in [4.78, 5) is 15.0. The summed E-state index contributed by atoms with van der Waals surface area (Å²) in [6.45, 7) is 0. The van der Waals surface area contributed by atoms with Crippen LogP contribution in [-0.4, -0.2) is 25.1 Å². The molecule has 1 rings (SSSR count). The molecule has 1 aromatic carbocycles. The highest BCUT2D eigenvalue weighted by Gasteiger charge is 2.13. The lowest BCUT2D eigenvalue weighted by Gasteiger charge is -2.09. The van der Waals surface area contributed by atoms with E-state index < -0.39 is 12.0 Å². The van der Waals surface area contributed by atoms with E-state index in [1.54, 1.807) is 12.1 Å². The minimum Gasteiger partial charge on any atom is -0.468 e. The van der Waals surface area contributed by atoms with E-state index >= 15 is 0 Å². The van der Waals surface area contributed by atoms with Crippen molar-refractivity contribution in [1.29, 1.82) is 0 Å². The van der Waals surface area contributed by atoms with Gasteiger partial charge in [0.25, 0.3) is 0 Å². The van der Waals surface area contributed by atoms with Crippen LogP contribution in [0.15, 0.2) is 29.3 Å². The second kappa shape index (κ2) is 7.52. The van der Waals surface area contributed by atoms with Gasteiger partial charge in [-0.05, 0) is 24.1 Å². The van der Waals surface area contributed by atoms with Crippen LogP contribution in [0.4, 0.5) is 5.69 Å². The van der Waals surface area contributed by atoms with E-state index in [1.807, 2.05) is 12.1 Å². The summed E-state index contributed by atoms with van der Waals surface area (Å²) in [7, 11) is 1.31. The molecule has 1 atom stereocenters. The van der Waals surface area contributed by atoms with Gasteiger partial charge in [0.05, 0.1) is 12.8 Å². The number of nitrogens with two attached hydrogens (primary N) is 3. The van der Waals surface area contributed by atoms with Crippen molar-refractivity contribution in [3.8, 4) is 0 Å². The van der Waals surface area contributed by atoms with E-state index in [-0.39, 0.29) is 18.4 Å². The number of halogens is 1. The third-order valence-corrected chi connectivity index (χ3v) is 2.15. The van der Waals surface area contributed by atoms with Crippen molar-refractivity contribution in [3.05, 3.63) is 29.8 Å². The number of ether oxygens (including phenoxy) is 1. The average molecular weight is 273 g/mol. The first-order valence-corrected chi connectivity index (χ1v) is 5.05. The monoisotopic (exact) mass is 272 g/mol. The fourth-order valence-electron chi connectivity index (χ4n) is 1.34. The van der Waals surface area contributed by atoms with E-state index in [9.17, 15) is 4.79 Å². The van der Waals surface area contributed by atoms with Crippen LogP contribution in [0.25, 0.3) is 0 Å². The number of guanidine groups is 1. The number of carbonyl (C=O) groups excluding carboxylic acids is 1. The summed E-state index contributed by atoms with van der Waals surface area (Å²) in [6, 6.07) is 6.46. The van der Waals surface area contributed by atoms with Gasteiger partial charge in [0, 0.05) is 0 Å². The van der Waals surface area contributed by atoms with Gasteiger partial charge in [-0.1, -0.05) is 12.1 Å². The number of methoxy groups -OCH3 is 1. The van der Waals surface area contributed by atoms with Crippen molar-refractivity contribution >= 4 is 30.0 Å². The maximum atomic E-state index is 11.1. The van der Waals surface area contributed by atoms with E-state index in [0.717, 1.165) is 5.56 Å². The van der Waals surface area contributed by atoms with Gasteiger partial charge in [0.1, 0.15) is 6.04 Å². The molecule has 0 aliphatic heterocycles. The first-order chi connectivity index (χ1) is 8.02. The van der Waals surface area contributed by atoms with Gasteiger partial charge in [-0.25, -0.2) is 4.99 Å². The Bertz CT molecular complexity index is 416. The molecule has 100 valence electrons. The summed E-state index contributed by atoms with van der Waals surface area (Å²) >= 11 is 0. The number of hydrogen-bond acceptors (Lipinski definition) is 4. The Morgan fingerprint density at radius 3 is 2.33 bits per heavy atom. The zero-order valence-electron chi connectivity index (χ0n) is 10.00. The maximum Gasteiger partial charge on any atom is 0.322 e. The Hall–Kier alpha value is -1.79. The zero-order valence-corrected chi connectivity index (χ0v) is 10.8. The van der Waals surface area contributed by atoms with Crippen molar-refractivity contribution in [2.24, 2.45) is 22.2 Å². The van der Waals surface area contributed by atoms with Crippen molar-refractivity contribution in [1.82, 2.24) is 0 Å². The van der Waals surface area contributed by atoms with Crippen LogP contribution >= 0.6 is 12.4 Å². The Morgan fingerprint density at radius 2 is 1.89 bits per heavy atom. The lowest BCUT2D eigenvalue weighted by atomic mass is 10.1. The molecule has 0 amide bonds. The Labute approximate surface area is 112 Å². The van der Waals surface area contributed by atoms with Crippen LogP contribution in [0.1, 0.15) is 5.56 Å². The molecule has 18 heavy (non-hydrogen) atoms. The van der Waals surface area contributed by atoms with E-state index in [4.69, 9.17) is 17.2 Å². The molecule has 0 aliphatic carbocycles. The SMILES string of the molecule is COC(=O)[C@@H](N)Cc1ccc(N=C(N)N)cc1.Cl. The number of carbonyl (C=O) groups is 1. The number of rotatable bonds is 4. The maximum absolute atomic E-state index is 11.1. The normalized spacial score (nSPS) is 11.0. The minimum absolute atomic E-state index is 0. The molecular formula is C11H17ClN4O2. The first-order valence-electron chi connectivity index (χ1n) is 5.05. The fraction of sp³-hybridized carbons (Fsp3) is 0.273. The highest BCUT2D eigenvalue weighted by Crippen LogP contribution is 2.13. The van der Waals surface area contributed by atoms with Crippen LogP contribution in [0.2, 0.25) is 0 Å². The summed E-state index contributed by atoms with van der Waals surface area (Å²) in [5.74, 6) is -0.428. The van der Waals surface area contributed by atoms with Crippen molar-refractivity contribution < 1.29 is 9.53 Å². The zero-order chi connectivity index (χ0) is 12.8. The number of nitrogens with zero attached hydrogens (tertiary/aromatic N) is 1. The Balaban J connectivity index is 0.00000289. The molecule has 0 unspecified atom stereocenters. The molecule has 0 radical (unpaired) electrons. The van der Waals surface area contributed by atoms with Crippen molar-refractivity contribution in [2.75, 3.05) is 7.11 Å². The number of esters is 1. The number of aliphatic imine (C=N–C) groups is 1. The average Bonchev–Trinajstić information content (AvgIpc) is 2.30. The lowest BCUT2D eigenvalue weighted by Crippen LogP contribution is -2.33. The molecule has 6 N–H and O–H groups in total. The van der Waals surface area contributed by atoms with Gasteiger partial charge in [-0.3, -0.25) is 4.79 Å². The van der Waals surface area contributed by atoms with E-state index in [2.05, 4.69) is 9.73 Å². The minimum atomic E-state index is -0.658. The van der Waals surface area contributed by atoms with Crippen molar-refractivity contribution in [2.45, 2.75) is 12.5 Å². The quantitative estimate of drug-likeness (QED) is 0.407. The molecule has 0 saturated heterocycles. The summed E-state index contributed by atoms with van der Waals surface area (Å²) < 4.78 is 4.54. The topological polar surface area (TPSA) is 117 Å². The van der Waals surface area contributed by atoms with Gasteiger partial charge in [-0.2, -0.15) is 0 Å². The molecule has 0 spiro atoms. The Morgan fingerprint density at radius 1 is 1.33 bits per heavy atom. The van der Waals surface area contributed by atoms with Gasteiger partial charge in [-0.15, -0.1) is 12.4 Å². The van der Waals surface area contributed by atoms with Gasteiger partial charge in [0.15, 0.2) is 5.96 Å². The standard InChI is InChI=1S/C11H16N4O2.ClH/c1-17-10(16)9(12)6-7-2-4-8(5-3-7)15-11(13)14;/h2-5,9H,6,12H2,1H3,(H4,13,14,15);1H/t9-;/m0./s1. The van der Waals surface area contributed by atoms with Crippen LogP contribution < -0.4 is 17.2 Å². The molecule has 0 aromatic heterocycles. The third kappa shape index (κ3) is 5.03. The Kier molecular flexibility index (Phi) is 6.77. The van der Waals surface area contributed by atoms with Gasteiger partial charge >= 0.3 is 5.97 Å². The summed E-state index contributed by atoms with van der Waals surface area (Å²) in [6.07, 6.45) is 0.411. The predicted octanol–water partition coefficient (Wildman–Crippen LogP) is 0.0561. The number of hydrogen-bond donors (Lipinski definition) is 3. The summed E-state index contributed by atoms with van der Waals surface area (Å²) in [5.41, 5.74) is 17.7. The molecule has 0 saturated carbocycles. The smallest absolute Gasteiger partial charge is 0.322 e. The molecule has 7 heteroatoms. The first kappa shape index (κ1) is 16.2. The highest BCUT2D eigenvalue weighted by molar-refractivity contribution is 5.85. The second-order valence-electron chi connectivity index (χ2n) is 3.54. The largest absolute Gasteiger partial charge is 0.468 e. The molecular weight excluding hydrogens is 256 g/mol. The second-order valence-corrected chi connectivity index (χ2v) is 3.54. The van der Waals surface area contributed by atoms with E-state index in [1.165, 1.54) is 7.11 Å². The summed E-state index contributed by atoms with van der Waals surface area (Å²) in [5, 5.41) is 0. The van der Waals surface area contributed by atoms with Crippen LogP contribution in [0, 0.1) is 0 Å². The van der Waals surface area contributed by atoms with Crippen molar-refractivity contribution in [3.63, 3.8) is 0 Å². The van der Waals surface area contributed by atoms with E-state index in [0.29, 0.717) is 12.1 Å². The third-order valence-electron chi connectivity index (χ3n) is 2.15. The predicted molar refractivity (Wildman–Crippen MR) is 72.9 cm³/mol. The van der Waals surface area contributed by atoms with Crippen LogP contribution in [0.5, 0.6) is 0 Å². The molecule has 0 aliphatic rings. The van der Waals surface area contributed by atoms with Crippen LogP contribution in [-0.2, 0) is 16.0 Å². The molecule has 0 heterocycles. The fourth-order valence-corrected chi connectivity index (χ4v) is 1.34. The molecule has 0 fully saturated rings. The molecule has 0 bridgehead atoms.